The van der Waals surface area contributed by atoms with E-state index in [9.17, 15) is 9.59 Å². The molecule has 1 heterocycles. The Morgan fingerprint density at radius 1 is 1.12 bits per heavy atom. The average molecular weight is 333 g/mol. The molecule has 0 aromatic heterocycles. The molecule has 0 unspecified atom stereocenters. The van der Waals surface area contributed by atoms with Crippen LogP contribution in [0.5, 0.6) is 0 Å². The van der Waals surface area contributed by atoms with Crippen LogP contribution < -0.4 is 4.90 Å². The molecular formula is C18H27N3O3. The molecule has 2 rings (SSSR count). The smallest absolute Gasteiger partial charge is 0.409 e. The minimum atomic E-state index is -0.265. The highest BCUT2D eigenvalue weighted by Gasteiger charge is 2.25. The molecule has 0 radical (unpaired) electrons. The number of nitrogens with zero attached hydrogens (tertiary/aromatic N) is 3. The van der Waals surface area contributed by atoms with Gasteiger partial charge in [0.2, 0.25) is 5.91 Å². The highest BCUT2D eigenvalue weighted by molar-refractivity contribution is 5.95. The van der Waals surface area contributed by atoms with Gasteiger partial charge in [-0.2, -0.15) is 0 Å². The summed E-state index contributed by atoms with van der Waals surface area (Å²) in [6.07, 6.45) is -0.265. The van der Waals surface area contributed by atoms with Gasteiger partial charge in [-0.05, 0) is 32.4 Å². The van der Waals surface area contributed by atoms with Crippen molar-refractivity contribution >= 4 is 17.7 Å². The SMILES string of the molecule is CCOC(=O)N1CCN(CC(=O)N(CC)c2ccccc2C)CC1. The fourth-order valence-corrected chi connectivity index (χ4v) is 2.93. The van der Waals surface area contributed by atoms with E-state index in [1.165, 1.54) is 0 Å². The lowest BCUT2D eigenvalue weighted by molar-refractivity contribution is -0.120. The Morgan fingerprint density at radius 3 is 2.38 bits per heavy atom. The molecule has 0 saturated carbocycles. The van der Waals surface area contributed by atoms with E-state index >= 15 is 0 Å². The van der Waals surface area contributed by atoms with Crippen molar-refractivity contribution in [3.05, 3.63) is 29.8 Å². The van der Waals surface area contributed by atoms with Gasteiger partial charge in [-0.15, -0.1) is 0 Å². The molecule has 1 fully saturated rings. The monoisotopic (exact) mass is 333 g/mol. The molecule has 1 aliphatic heterocycles. The number of anilines is 1. The number of amides is 2. The van der Waals surface area contributed by atoms with Gasteiger partial charge in [0.15, 0.2) is 0 Å². The molecule has 2 amide bonds. The number of para-hydroxylation sites is 1. The predicted molar refractivity (Wildman–Crippen MR) is 94.2 cm³/mol. The molecule has 6 heteroatoms. The Morgan fingerprint density at radius 2 is 1.79 bits per heavy atom. The Kier molecular flexibility index (Phi) is 6.61. The van der Waals surface area contributed by atoms with Crippen LogP contribution in [0.25, 0.3) is 0 Å². The van der Waals surface area contributed by atoms with Crippen LogP contribution in [0.2, 0.25) is 0 Å². The minimum absolute atomic E-state index is 0.0939. The molecule has 132 valence electrons. The molecule has 1 aromatic rings. The summed E-state index contributed by atoms with van der Waals surface area (Å²) in [7, 11) is 0. The van der Waals surface area contributed by atoms with Gasteiger partial charge in [-0.3, -0.25) is 9.69 Å². The van der Waals surface area contributed by atoms with Crippen molar-refractivity contribution in [2.75, 3.05) is 50.8 Å². The van der Waals surface area contributed by atoms with Crippen molar-refractivity contribution in [2.24, 2.45) is 0 Å². The number of benzene rings is 1. The number of ether oxygens (including phenoxy) is 1. The zero-order valence-electron chi connectivity index (χ0n) is 14.8. The van der Waals surface area contributed by atoms with Gasteiger partial charge in [0.1, 0.15) is 0 Å². The topological polar surface area (TPSA) is 53.1 Å². The second kappa shape index (κ2) is 8.68. The summed E-state index contributed by atoms with van der Waals surface area (Å²) < 4.78 is 5.02. The maximum Gasteiger partial charge on any atom is 0.409 e. The number of hydrogen-bond donors (Lipinski definition) is 0. The fraction of sp³-hybridized carbons (Fsp3) is 0.556. The van der Waals surface area contributed by atoms with E-state index < -0.39 is 0 Å². The third-order valence-corrected chi connectivity index (χ3v) is 4.28. The van der Waals surface area contributed by atoms with Crippen molar-refractivity contribution in [2.45, 2.75) is 20.8 Å². The number of carbonyl (C=O) groups excluding carboxylic acids is 2. The summed E-state index contributed by atoms with van der Waals surface area (Å²) in [5, 5.41) is 0. The van der Waals surface area contributed by atoms with Crippen molar-refractivity contribution in [1.82, 2.24) is 9.80 Å². The Hall–Kier alpha value is -2.08. The number of likely N-dealkylation sites (N-methyl/N-ethyl adjacent to an activating group) is 1. The van der Waals surface area contributed by atoms with Gasteiger partial charge >= 0.3 is 6.09 Å². The molecule has 24 heavy (non-hydrogen) atoms. The lowest BCUT2D eigenvalue weighted by Gasteiger charge is -2.34. The Balaban J connectivity index is 1.91. The van der Waals surface area contributed by atoms with Crippen molar-refractivity contribution in [3.8, 4) is 0 Å². The van der Waals surface area contributed by atoms with E-state index in [2.05, 4.69) is 4.90 Å². The molecule has 1 aromatic carbocycles. The first-order valence-corrected chi connectivity index (χ1v) is 8.56. The number of piperazine rings is 1. The standard InChI is InChI=1S/C18H27N3O3/c1-4-21(16-9-7-6-8-15(16)3)17(22)14-19-10-12-20(13-11-19)18(23)24-5-2/h6-9H,4-5,10-14H2,1-3H3. The van der Waals surface area contributed by atoms with E-state index in [1.54, 1.807) is 11.8 Å². The molecule has 1 saturated heterocycles. The quantitative estimate of drug-likeness (QED) is 0.828. The van der Waals surface area contributed by atoms with Gasteiger partial charge < -0.3 is 14.5 Å². The third kappa shape index (κ3) is 4.47. The van der Waals surface area contributed by atoms with E-state index in [0.717, 1.165) is 11.3 Å². The first-order chi connectivity index (χ1) is 11.6. The van der Waals surface area contributed by atoms with Crippen LogP contribution in [-0.4, -0.2) is 67.7 Å². The predicted octanol–water partition coefficient (Wildman–Crippen LogP) is 2.12. The number of hydrogen-bond acceptors (Lipinski definition) is 4. The lowest BCUT2D eigenvalue weighted by atomic mass is 10.1. The van der Waals surface area contributed by atoms with Gasteiger partial charge in [-0.25, -0.2) is 4.79 Å². The summed E-state index contributed by atoms with van der Waals surface area (Å²) in [5.41, 5.74) is 2.06. The second-order valence-corrected chi connectivity index (χ2v) is 5.89. The van der Waals surface area contributed by atoms with Gasteiger partial charge in [0.05, 0.1) is 13.2 Å². The summed E-state index contributed by atoms with van der Waals surface area (Å²) in [6.45, 7) is 9.80. The number of carbonyl (C=O) groups is 2. The highest BCUT2D eigenvalue weighted by Crippen LogP contribution is 2.19. The van der Waals surface area contributed by atoms with Crippen LogP contribution in [0.4, 0.5) is 10.5 Å². The zero-order chi connectivity index (χ0) is 17.5. The summed E-state index contributed by atoms with van der Waals surface area (Å²) in [6, 6.07) is 7.93. The molecule has 6 nitrogen and oxygen atoms in total. The van der Waals surface area contributed by atoms with Gasteiger partial charge in [0, 0.05) is 38.4 Å². The van der Waals surface area contributed by atoms with E-state index in [0.29, 0.717) is 45.9 Å². The molecular weight excluding hydrogens is 306 g/mol. The molecule has 0 bridgehead atoms. The largest absolute Gasteiger partial charge is 0.450 e. The van der Waals surface area contributed by atoms with Crippen LogP contribution in [0, 0.1) is 6.92 Å². The molecule has 1 aliphatic rings. The summed E-state index contributed by atoms with van der Waals surface area (Å²) in [5.74, 6) is 0.0939. The maximum atomic E-state index is 12.7. The number of rotatable bonds is 5. The van der Waals surface area contributed by atoms with Gasteiger partial charge in [-0.1, -0.05) is 18.2 Å². The third-order valence-electron chi connectivity index (χ3n) is 4.28. The highest BCUT2D eigenvalue weighted by atomic mass is 16.6. The molecule has 0 spiro atoms. The number of aryl methyl sites for hydroxylation is 1. The van der Waals surface area contributed by atoms with Crippen LogP contribution in [0.1, 0.15) is 19.4 Å². The average Bonchev–Trinajstić information content (AvgIpc) is 2.58. The van der Waals surface area contributed by atoms with Crippen LogP contribution in [0.3, 0.4) is 0 Å². The second-order valence-electron chi connectivity index (χ2n) is 5.89. The van der Waals surface area contributed by atoms with Gasteiger partial charge in [0.25, 0.3) is 0 Å². The molecule has 0 aliphatic carbocycles. The molecule has 0 atom stereocenters. The van der Waals surface area contributed by atoms with E-state index in [-0.39, 0.29) is 12.0 Å². The lowest BCUT2D eigenvalue weighted by Crippen LogP contribution is -2.51. The van der Waals surface area contributed by atoms with Crippen molar-refractivity contribution in [1.29, 1.82) is 0 Å². The zero-order valence-corrected chi connectivity index (χ0v) is 14.8. The van der Waals surface area contributed by atoms with Crippen LogP contribution >= 0.6 is 0 Å². The normalized spacial score (nSPS) is 15.2. The maximum absolute atomic E-state index is 12.7. The Labute approximate surface area is 144 Å². The van der Waals surface area contributed by atoms with Crippen molar-refractivity contribution in [3.63, 3.8) is 0 Å². The van der Waals surface area contributed by atoms with E-state index in [1.807, 2.05) is 43.0 Å². The summed E-state index contributed by atoms with van der Waals surface area (Å²) in [4.78, 5) is 30.0. The Bertz CT molecular complexity index is 568. The van der Waals surface area contributed by atoms with Crippen LogP contribution in [0.15, 0.2) is 24.3 Å². The van der Waals surface area contributed by atoms with Crippen molar-refractivity contribution < 1.29 is 14.3 Å². The van der Waals surface area contributed by atoms with E-state index in [4.69, 9.17) is 4.74 Å². The first kappa shape index (κ1) is 18.3. The minimum Gasteiger partial charge on any atom is -0.450 e. The summed E-state index contributed by atoms with van der Waals surface area (Å²) >= 11 is 0. The fourth-order valence-electron chi connectivity index (χ4n) is 2.93. The molecule has 0 N–H and O–H groups in total. The first-order valence-electron chi connectivity index (χ1n) is 8.56. The van der Waals surface area contributed by atoms with Crippen LogP contribution in [-0.2, 0) is 9.53 Å².